The van der Waals surface area contributed by atoms with Crippen LogP contribution in [0.15, 0.2) is 54.9 Å². The van der Waals surface area contributed by atoms with Crippen LogP contribution >= 0.6 is 0 Å². The number of nitrogens with zero attached hydrogens (tertiary/aromatic N) is 1. The molecular weight excluding hydrogens is 366 g/mol. The predicted octanol–water partition coefficient (Wildman–Crippen LogP) is 3.13. The topological polar surface area (TPSA) is 87.1 Å². The molecule has 6 heteroatoms. The molecular formula is C23H17N3O3. The average Bonchev–Trinajstić information content (AvgIpc) is 3.38. The van der Waals surface area contributed by atoms with Gasteiger partial charge in [0.1, 0.15) is 0 Å². The Labute approximate surface area is 165 Å². The third-order valence-electron chi connectivity index (χ3n) is 5.99. The van der Waals surface area contributed by atoms with Gasteiger partial charge in [0.05, 0.1) is 22.8 Å². The van der Waals surface area contributed by atoms with E-state index in [9.17, 15) is 14.7 Å². The molecule has 1 unspecified atom stereocenters. The Kier molecular flexibility index (Phi) is 3.20. The summed E-state index contributed by atoms with van der Waals surface area (Å²) in [5.74, 6) is -0.777. The molecule has 2 amide bonds. The van der Waals surface area contributed by atoms with E-state index in [1.807, 2.05) is 48.7 Å². The van der Waals surface area contributed by atoms with E-state index in [0.29, 0.717) is 29.7 Å². The van der Waals surface area contributed by atoms with Crippen LogP contribution in [0.2, 0.25) is 0 Å². The third-order valence-corrected chi connectivity index (χ3v) is 5.99. The molecule has 3 N–H and O–H groups in total. The average molecular weight is 383 g/mol. The number of aromatic nitrogens is 2. The van der Waals surface area contributed by atoms with Crippen LogP contribution in [-0.4, -0.2) is 26.5 Å². The normalized spacial score (nSPS) is 18.9. The molecule has 6 rings (SSSR count). The Balaban J connectivity index is 1.69. The molecule has 29 heavy (non-hydrogen) atoms. The molecule has 4 heterocycles. The second-order valence-electron chi connectivity index (χ2n) is 7.57. The van der Waals surface area contributed by atoms with Crippen molar-refractivity contribution in [3.05, 3.63) is 71.5 Å². The lowest BCUT2D eigenvalue weighted by Gasteiger charge is -2.20. The van der Waals surface area contributed by atoms with Crippen LogP contribution in [0.25, 0.3) is 33.0 Å². The van der Waals surface area contributed by atoms with Crippen molar-refractivity contribution in [2.45, 2.75) is 19.1 Å². The first kappa shape index (κ1) is 16.3. The first-order chi connectivity index (χ1) is 14.1. The summed E-state index contributed by atoms with van der Waals surface area (Å²) < 4.78 is 2.07. The molecule has 1 atom stereocenters. The van der Waals surface area contributed by atoms with E-state index in [0.717, 1.165) is 32.9 Å². The lowest BCUT2D eigenvalue weighted by atomic mass is 9.94. The number of imide groups is 1. The Hall–Kier alpha value is -3.64. The summed E-state index contributed by atoms with van der Waals surface area (Å²) in [6.07, 6.45) is 3.82. The van der Waals surface area contributed by atoms with E-state index in [1.54, 1.807) is 6.20 Å². The van der Waals surface area contributed by atoms with Crippen molar-refractivity contribution in [3.63, 3.8) is 0 Å². The van der Waals surface area contributed by atoms with Gasteiger partial charge in [-0.15, -0.1) is 0 Å². The number of carbonyl (C=O) groups is 2. The van der Waals surface area contributed by atoms with E-state index >= 15 is 0 Å². The van der Waals surface area contributed by atoms with Gasteiger partial charge in [0.15, 0.2) is 0 Å². The van der Waals surface area contributed by atoms with Gasteiger partial charge >= 0.3 is 0 Å². The Bertz CT molecular complexity index is 1390. The fourth-order valence-electron chi connectivity index (χ4n) is 4.70. The van der Waals surface area contributed by atoms with Crippen molar-refractivity contribution in [2.75, 3.05) is 0 Å². The van der Waals surface area contributed by atoms with E-state index < -0.39 is 6.10 Å². The van der Waals surface area contributed by atoms with Crippen molar-refractivity contribution in [3.8, 4) is 0 Å². The second kappa shape index (κ2) is 5.68. The summed E-state index contributed by atoms with van der Waals surface area (Å²) in [7, 11) is 0. The van der Waals surface area contributed by atoms with Crippen LogP contribution < -0.4 is 5.32 Å². The fraction of sp³-hybridized carbons (Fsp3) is 0.130. The van der Waals surface area contributed by atoms with Crippen molar-refractivity contribution in [1.82, 2.24) is 14.9 Å². The highest BCUT2D eigenvalue weighted by Crippen LogP contribution is 2.41. The molecule has 0 radical (unpaired) electrons. The molecule has 2 aromatic carbocycles. The van der Waals surface area contributed by atoms with Gasteiger partial charge in [-0.3, -0.25) is 14.9 Å². The molecule has 6 nitrogen and oxygen atoms in total. The quantitative estimate of drug-likeness (QED) is 0.465. The number of H-pyrrole nitrogens is 1. The van der Waals surface area contributed by atoms with E-state index in [4.69, 9.17) is 0 Å². The van der Waals surface area contributed by atoms with Crippen LogP contribution in [0.5, 0.6) is 0 Å². The summed E-state index contributed by atoms with van der Waals surface area (Å²) in [6, 6.07) is 13.5. The van der Waals surface area contributed by atoms with Gasteiger partial charge < -0.3 is 14.7 Å². The minimum absolute atomic E-state index is 0.386. The number of aryl methyl sites for hydroxylation is 1. The highest BCUT2D eigenvalue weighted by Gasteiger charge is 2.35. The lowest BCUT2D eigenvalue weighted by Crippen LogP contribution is -2.22. The first-order valence-corrected chi connectivity index (χ1v) is 9.60. The molecule has 2 aliphatic rings. The van der Waals surface area contributed by atoms with Crippen LogP contribution in [0.4, 0.5) is 0 Å². The molecule has 2 aliphatic heterocycles. The van der Waals surface area contributed by atoms with Crippen molar-refractivity contribution in [2.24, 2.45) is 0 Å². The molecule has 0 aliphatic carbocycles. The molecule has 142 valence electrons. The van der Waals surface area contributed by atoms with Gasteiger partial charge in [-0.05, 0) is 12.5 Å². The number of amides is 2. The summed E-state index contributed by atoms with van der Waals surface area (Å²) in [5, 5.41) is 14.6. The maximum Gasteiger partial charge on any atom is 0.259 e. The molecule has 0 spiro atoms. The molecule has 2 aromatic heterocycles. The maximum atomic E-state index is 12.9. The number of fused-ring (bicyclic) bond motifs is 1. The van der Waals surface area contributed by atoms with Crippen LogP contribution in [-0.2, 0) is 16.1 Å². The molecule has 0 saturated carbocycles. The minimum Gasteiger partial charge on any atom is -0.388 e. The maximum absolute atomic E-state index is 12.9. The highest BCUT2D eigenvalue weighted by atomic mass is 16.3. The van der Waals surface area contributed by atoms with Gasteiger partial charge in [0.25, 0.3) is 11.8 Å². The van der Waals surface area contributed by atoms with Gasteiger partial charge in [-0.25, -0.2) is 0 Å². The van der Waals surface area contributed by atoms with Crippen LogP contribution in [0, 0.1) is 0 Å². The van der Waals surface area contributed by atoms with Gasteiger partial charge in [0.2, 0.25) is 0 Å². The standard InChI is InChI=1S/C23H17N3O3/c27-18-8-9-26-11-16(13-5-3-6-14(18)21(13)26)20-19(22(28)25-23(20)29)15-10-24-17-7-2-1-4-12(15)17/h1-7,10-11,18,24,27H,8-9H2,(H,25,28,29). The summed E-state index contributed by atoms with van der Waals surface area (Å²) in [5.41, 5.74) is 4.91. The number of hydrogen-bond acceptors (Lipinski definition) is 3. The van der Waals surface area contributed by atoms with Crippen LogP contribution in [0.3, 0.4) is 0 Å². The van der Waals surface area contributed by atoms with Crippen molar-refractivity contribution >= 4 is 44.8 Å². The van der Waals surface area contributed by atoms with E-state index in [2.05, 4.69) is 14.9 Å². The Morgan fingerprint density at radius 2 is 1.69 bits per heavy atom. The van der Waals surface area contributed by atoms with Gasteiger partial charge in [-0.1, -0.05) is 36.4 Å². The number of carbonyl (C=O) groups excluding carboxylic acids is 2. The van der Waals surface area contributed by atoms with E-state index in [1.165, 1.54) is 0 Å². The Morgan fingerprint density at radius 3 is 2.55 bits per heavy atom. The number of aliphatic hydroxyl groups excluding tert-OH is 1. The number of para-hydroxylation sites is 2. The molecule has 0 fully saturated rings. The zero-order valence-electron chi connectivity index (χ0n) is 15.4. The number of aliphatic hydroxyl groups is 1. The fourth-order valence-corrected chi connectivity index (χ4v) is 4.70. The number of rotatable bonds is 2. The molecule has 0 bridgehead atoms. The van der Waals surface area contributed by atoms with Crippen molar-refractivity contribution in [1.29, 1.82) is 0 Å². The zero-order valence-corrected chi connectivity index (χ0v) is 15.4. The third kappa shape index (κ3) is 2.14. The van der Waals surface area contributed by atoms with Gasteiger partial charge in [0, 0.05) is 51.9 Å². The predicted molar refractivity (Wildman–Crippen MR) is 110 cm³/mol. The first-order valence-electron chi connectivity index (χ1n) is 9.60. The lowest BCUT2D eigenvalue weighted by molar-refractivity contribution is -0.122. The zero-order chi connectivity index (χ0) is 19.7. The SMILES string of the molecule is O=C1NC(=O)C(c2cn3c4c(cccc24)C(O)CC3)=C1c1c[nH]c2ccccc12. The van der Waals surface area contributed by atoms with Gasteiger partial charge in [-0.2, -0.15) is 0 Å². The van der Waals surface area contributed by atoms with Crippen LogP contribution in [0.1, 0.15) is 29.2 Å². The Morgan fingerprint density at radius 1 is 0.931 bits per heavy atom. The van der Waals surface area contributed by atoms with Crippen molar-refractivity contribution < 1.29 is 14.7 Å². The smallest absolute Gasteiger partial charge is 0.259 e. The minimum atomic E-state index is -0.518. The highest BCUT2D eigenvalue weighted by molar-refractivity contribution is 6.50. The molecule has 4 aromatic rings. The largest absolute Gasteiger partial charge is 0.388 e. The molecule has 0 saturated heterocycles. The number of hydrogen-bond donors (Lipinski definition) is 3. The summed E-state index contributed by atoms with van der Waals surface area (Å²) in [4.78, 5) is 28.9. The second-order valence-corrected chi connectivity index (χ2v) is 7.57. The monoisotopic (exact) mass is 383 g/mol. The number of benzene rings is 2. The van der Waals surface area contributed by atoms with E-state index in [-0.39, 0.29) is 11.8 Å². The summed E-state index contributed by atoms with van der Waals surface area (Å²) >= 11 is 0. The number of nitrogens with one attached hydrogen (secondary N) is 2. The number of aromatic amines is 1. The summed E-state index contributed by atoms with van der Waals surface area (Å²) in [6.45, 7) is 0.667.